The van der Waals surface area contributed by atoms with E-state index in [-0.39, 0.29) is 11.8 Å². The van der Waals surface area contributed by atoms with E-state index in [0.29, 0.717) is 5.92 Å². The van der Waals surface area contributed by atoms with Gasteiger partial charge in [-0.15, -0.1) is 0 Å². The second kappa shape index (κ2) is 6.45. The van der Waals surface area contributed by atoms with Gasteiger partial charge in [0, 0.05) is 17.1 Å². The Morgan fingerprint density at radius 2 is 1.78 bits per heavy atom. The molecule has 2 aromatic rings. The minimum Gasteiger partial charge on any atom is -0.356 e. The summed E-state index contributed by atoms with van der Waals surface area (Å²) in [6.45, 7) is 6.47. The van der Waals surface area contributed by atoms with Gasteiger partial charge in [0.05, 0.1) is 5.92 Å². The predicted molar refractivity (Wildman–Crippen MR) is 96.3 cm³/mol. The van der Waals surface area contributed by atoms with Crippen molar-refractivity contribution in [1.82, 2.24) is 0 Å². The molecule has 0 saturated carbocycles. The first-order chi connectivity index (χ1) is 11.0. The van der Waals surface area contributed by atoms with Gasteiger partial charge in [0.15, 0.2) is 0 Å². The van der Waals surface area contributed by atoms with Gasteiger partial charge in [0.1, 0.15) is 0 Å². The summed E-state index contributed by atoms with van der Waals surface area (Å²) in [5.41, 5.74) is 5.41. The maximum atomic E-state index is 12.2. The zero-order valence-corrected chi connectivity index (χ0v) is 14.0. The summed E-state index contributed by atoms with van der Waals surface area (Å²) in [4.78, 5) is 12.2. The van der Waals surface area contributed by atoms with Gasteiger partial charge in [-0.2, -0.15) is 0 Å². The highest BCUT2D eigenvalue weighted by atomic mass is 16.2. The number of carbonyl (C=O) groups excluding carboxylic acids is 1. The van der Waals surface area contributed by atoms with E-state index in [1.807, 2.05) is 12.1 Å². The van der Waals surface area contributed by atoms with Gasteiger partial charge < -0.3 is 10.6 Å². The molecule has 1 amide bonds. The number of rotatable bonds is 5. The van der Waals surface area contributed by atoms with E-state index in [0.717, 1.165) is 35.5 Å². The lowest BCUT2D eigenvalue weighted by molar-refractivity contribution is -0.117. The molecule has 0 fully saturated rings. The van der Waals surface area contributed by atoms with Crippen LogP contribution in [-0.2, 0) is 4.79 Å². The highest BCUT2D eigenvalue weighted by Crippen LogP contribution is 2.38. The van der Waals surface area contributed by atoms with Gasteiger partial charge in [0.25, 0.3) is 0 Å². The number of nitrogens with one attached hydrogen (secondary N) is 2. The molecule has 0 radical (unpaired) electrons. The Labute approximate surface area is 138 Å². The number of anilines is 3. The molecule has 0 spiro atoms. The first-order valence-corrected chi connectivity index (χ1v) is 8.31. The second-order valence-corrected chi connectivity index (χ2v) is 6.81. The largest absolute Gasteiger partial charge is 0.356 e. The van der Waals surface area contributed by atoms with E-state index in [2.05, 4.69) is 61.7 Å². The highest BCUT2D eigenvalue weighted by molar-refractivity contribution is 6.03. The lowest BCUT2D eigenvalue weighted by Gasteiger charge is -2.12. The van der Waals surface area contributed by atoms with Crippen molar-refractivity contribution in [3.8, 4) is 0 Å². The van der Waals surface area contributed by atoms with Crippen molar-refractivity contribution in [1.29, 1.82) is 0 Å². The lowest BCUT2D eigenvalue weighted by Crippen LogP contribution is -2.12. The SMILES string of the molecule is Cc1ccc(Nc2ccc3c(c2)C(CCC(C)C)C(=O)N3)cc1. The molecular formula is C20H24N2O. The Bertz CT molecular complexity index is 704. The average Bonchev–Trinajstić information content (AvgIpc) is 2.82. The Kier molecular flexibility index (Phi) is 4.37. The highest BCUT2D eigenvalue weighted by Gasteiger charge is 2.30. The van der Waals surface area contributed by atoms with Gasteiger partial charge in [-0.25, -0.2) is 0 Å². The summed E-state index contributed by atoms with van der Waals surface area (Å²) in [6.07, 6.45) is 1.97. The van der Waals surface area contributed by atoms with Gasteiger partial charge in [0.2, 0.25) is 5.91 Å². The minimum atomic E-state index is -0.0211. The summed E-state index contributed by atoms with van der Waals surface area (Å²) in [7, 11) is 0. The summed E-state index contributed by atoms with van der Waals surface area (Å²) in [5.74, 6) is 0.723. The quantitative estimate of drug-likeness (QED) is 0.796. The standard InChI is InChI=1S/C20H24N2O/c1-13(2)4-10-17-18-12-16(9-11-19(18)22-20(17)23)21-15-7-5-14(3)6-8-15/h5-9,11-13,17,21H,4,10H2,1-3H3,(H,22,23). The molecule has 3 rings (SSSR count). The Hall–Kier alpha value is -2.29. The van der Waals surface area contributed by atoms with Crippen LogP contribution in [0.2, 0.25) is 0 Å². The van der Waals surface area contributed by atoms with Crippen LogP contribution in [0.3, 0.4) is 0 Å². The van der Waals surface area contributed by atoms with E-state index in [1.54, 1.807) is 0 Å². The molecule has 2 N–H and O–H groups in total. The van der Waals surface area contributed by atoms with Crippen molar-refractivity contribution >= 4 is 23.0 Å². The molecular weight excluding hydrogens is 284 g/mol. The molecule has 0 aliphatic carbocycles. The fourth-order valence-corrected chi connectivity index (χ4v) is 2.99. The topological polar surface area (TPSA) is 41.1 Å². The third-order valence-electron chi connectivity index (χ3n) is 4.37. The van der Waals surface area contributed by atoms with Crippen LogP contribution >= 0.6 is 0 Å². The van der Waals surface area contributed by atoms with E-state index >= 15 is 0 Å². The van der Waals surface area contributed by atoms with Crippen LogP contribution in [0.15, 0.2) is 42.5 Å². The third kappa shape index (κ3) is 3.55. The first-order valence-electron chi connectivity index (χ1n) is 8.31. The van der Waals surface area contributed by atoms with Crippen LogP contribution in [0.25, 0.3) is 0 Å². The van der Waals surface area contributed by atoms with Crippen LogP contribution in [0.5, 0.6) is 0 Å². The van der Waals surface area contributed by atoms with Crippen LogP contribution in [0.4, 0.5) is 17.1 Å². The molecule has 1 aliphatic heterocycles. The number of carbonyl (C=O) groups is 1. The van der Waals surface area contributed by atoms with E-state index in [4.69, 9.17) is 0 Å². The van der Waals surface area contributed by atoms with Gasteiger partial charge >= 0.3 is 0 Å². The molecule has 0 aromatic heterocycles. The van der Waals surface area contributed by atoms with Crippen LogP contribution in [-0.4, -0.2) is 5.91 Å². The minimum absolute atomic E-state index is 0.0211. The molecule has 1 aliphatic rings. The van der Waals surface area contributed by atoms with Crippen LogP contribution < -0.4 is 10.6 Å². The van der Waals surface area contributed by atoms with Crippen molar-refractivity contribution in [2.75, 3.05) is 10.6 Å². The number of aryl methyl sites for hydroxylation is 1. The molecule has 1 unspecified atom stereocenters. The normalized spacial score (nSPS) is 16.3. The Balaban J connectivity index is 1.80. The predicted octanol–water partition coefficient (Wildman–Crippen LogP) is 5.21. The van der Waals surface area contributed by atoms with Gasteiger partial charge in [-0.05, 0) is 61.6 Å². The number of benzene rings is 2. The molecule has 3 nitrogen and oxygen atoms in total. The van der Waals surface area contributed by atoms with Crippen molar-refractivity contribution in [3.05, 3.63) is 53.6 Å². The number of hydrogen-bond acceptors (Lipinski definition) is 2. The van der Waals surface area contributed by atoms with Crippen molar-refractivity contribution in [2.24, 2.45) is 5.92 Å². The lowest BCUT2D eigenvalue weighted by atomic mass is 9.92. The van der Waals surface area contributed by atoms with E-state index < -0.39 is 0 Å². The monoisotopic (exact) mass is 308 g/mol. The molecule has 1 atom stereocenters. The van der Waals surface area contributed by atoms with Gasteiger partial charge in [-0.3, -0.25) is 4.79 Å². The molecule has 1 heterocycles. The Morgan fingerprint density at radius 1 is 1.09 bits per heavy atom. The number of fused-ring (bicyclic) bond motifs is 1. The zero-order chi connectivity index (χ0) is 16.4. The first kappa shape index (κ1) is 15.6. The molecule has 23 heavy (non-hydrogen) atoms. The second-order valence-electron chi connectivity index (χ2n) is 6.81. The van der Waals surface area contributed by atoms with Crippen molar-refractivity contribution in [2.45, 2.75) is 39.5 Å². The van der Waals surface area contributed by atoms with Crippen LogP contribution in [0, 0.1) is 12.8 Å². The smallest absolute Gasteiger partial charge is 0.232 e. The molecule has 3 heteroatoms. The average molecular weight is 308 g/mol. The van der Waals surface area contributed by atoms with Gasteiger partial charge in [-0.1, -0.05) is 31.5 Å². The number of amides is 1. The molecule has 0 bridgehead atoms. The summed E-state index contributed by atoms with van der Waals surface area (Å²) in [6, 6.07) is 14.4. The fraction of sp³-hybridized carbons (Fsp3) is 0.350. The Morgan fingerprint density at radius 3 is 2.48 bits per heavy atom. The molecule has 0 saturated heterocycles. The number of hydrogen-bond donors (Lipinski definition) is 2. The van der Waals surface area contributed by atoms with E-state index in [1.165, 1.54) is 5.56 Å². The zero-order valence-electron chi connectivity index (χ0n) is 14.0. The summed E-state index contributed by atoms with van der Waals surface area (Å²) >= 11 is 0. The maximum absolute atomic E-state index is 12.2. The van der Waals surface area contributed by atoms with Crippen LogP contribution in [0.1, 0.15) is 43.7 Å². The third-order valence-corrected chi connectivity index (χ3v) is 4.37. The molecule has 120 valence electrons. The fourth-order valence-electron chi connectivity index (χ4n) is 2.99. The summed E-state index contributed by atoms with van der Waals surface area (Å²) in [5, 5.41) is 6.43. The van der Waals surface area contributed by atoms with Crippen molar-refractivity contribution in [3.63, 3.8) is 0 Å². The maximum Gasteiger partial charge on any atom is 0.232 e. The molecule has 2 aromatic carbocycles. The van der Waals surface area contributed by atoms with E-state index in [9.17, 15) is 4.79 Å². The summed E-state index contributed by atoms with van der Waals surface area (Å²) < 4.78 is 0. The van der Waals surface area contributed by atoms with Crippen molar-refractivity contribution < 1.29 is 4.79 Å².